The van der Waals surface area contributed by atoms with Gasteiger partial charge in [-0.3, -0.25) is 9.69 Å². The van der Waals surface area contributed by atoms with Gasteiger partial charge in [0.1, 0.15) is 5.76 Å². The third kappa shape index (κ3) is 4.28. The van der Waals surface area contributed by atoms with Crippen molar-refractivity contribution < 1.29 is 9.21 Å². The van der Waals surface area contributed by atoms with E-state index in [0.29, 0.717) is 5.92 Å². The number of rotatable bonds is 6. The minimum atomic E-state index is -0.610. The topological polar surface area (TPSA) is 71.5 Å². The van der Waals surface area contributed by atoms with Gasteiger partial charge in [0.2, 0.25) is 5.91 Å². The smallest absolute Gasteiger partial charge is 0.240 e. The average molecular weight is 331 g/mol. The molecule has 0 bridgehead atoms. The molecule has 0 aromatic carbocycles. The Morgan fingerprint density at radius 1 is 1.50 bits per heavy atom. The highest BCUT2D eigenvalue weighted by Crippen LogP contribution is 2.27. The van der Waals surface area contributed by atoms with Crippen molar-refractivity contribution in [3.05, 3.63) is 29.7 Å². The largest absolute Gasteiger partial charge is 0.465 e. The zero-order chi connectivity index (χ0) is 17.0. The second-order valence-corrected chi connectivity index (χ2v) is 7.47. The van der Waals surface area contributed by atoms with Crippen LogP contribution in [0.25, 0.3) is 6.08 Å². The Morgan fingerprint density at radius 3 is 3.00 bits per heavy atom. The summed E-state index contributed by atoms with van der Waals surface area (Å²) in [6, 6.07) is 3.87. The Kier molecular flexibility index (Phi) is 5.41. The van der Waals surface area contributed by atoms with Gasteiger partial charge in [-0.05, 0) is 56.9 Å². The van der Waals surface area contributed by atoms with E-state index in [1.54, 1.807) is 6.26 Å². The van der Waals surface area contributed by atoms with Crippen LogP contribution in [0.2, 0.25) is 0 Å². The standard InChI is InChI=1S/C19H29N3O2/c1-15(11-17-5-4-10-24-17)13-22-9-6-16(14-22)12-21-18(23)19(20)7-2-3-8-19/h4-5,10-11,16H,2-3,6-9,12-14,20H2,1H3,(H,21,23)/b15-11+/t16-/m1/s1. The fraction of sp³-hybridized carbons (Fsp3) is 0.632. The normalized spacial score (nSPS) is 24.4. The Balaban J connectivity index is 1.41. The zero-order valence-corrected chi connectivity index (χ0v) is 14.6. The van der Waals surface area contributed by atoms with E-state index in [4.69, 9.17) is 10.2 Å². The highest BCUT2D eigenvalue weighted by Gasteiger charge is 2.37. The maximum atomic E-state index is 12.3. The number of carbonyl (C=O) groups excluding carboxylic acids is 1. The van der Waals surface area contributed by atoms with E-state index in [9.17, 15) is 4.79 Å². The van der Waals surface area contributed by atoms with Crippen molar-refractivity contribution in [1.29, 1.82) is 0 Å². The summed E-state index contributed by atoms with van der Waals surface area (Å²) in [5, 5.41) is 3.10. The molecule has 1 aliphatic carbocycles. The first-order valence-electron chi connectivity index (χ1n) is 9.05. The number of nitrogens with one attached hydrogen (secondary N) is 1. The molecule has 2 heterocycles. The molecule has 5 nitrogen and oxygen atoms in total. The summed E-state index contributed by atoms with van der Waals surface area (Å²) in [6.45, 7) is 5.94. The van der Waals surface area contributed by atoms with Gasteiger partial charge in [0, 0.05) is 19.6 Å². The number of likely N-dealkylation sites (tertiary alicyclic amines) is 1. The number of nitrogens with two attached hydrogens (primary N) is 1. The van der Waals surface area contributed by atoms with E-state index in [2.05, 4.69) is 23.2 Å². The fourth-order valence-corrected chi connectivity index (χ4v) is 3.88. The van der Waals surface area contributed by atoms with Gasteiger partial charge in [-0.1, -0.05) is 18.4 Å². The van der Waals surface area contributed by atoms with Gasteiger partial charge < -0.3 is 15.5 Å². The van der Waals surface area contributed by atoms with Gasteiger partial charge in [-0.25, -0.2) is 0 Å². The lowest BCUT2D eigenvalue weighted by Gasteiger charge is -2.23. The quantitative estimate of drug-likeness (QED) is 0.839. The molecule has 0 spiro atoms. The molecule has 1 aromatic rings. The van der Waals surface area contributed by atoms with Crippen molar-refractivity contribution in [2.24, 2.45) is 11.7 Å². The summed E-state index contributed by atoms with van der Waals surface area (Å²) in [5.74, 6) is 1.48. The molecule has 1 amide bonds. The van der Waals surface area contributed by atoms with Crippen molar-refractivity contribution in [1.82, 2.24) is 10.2 Å². The number of carbonyl (C=O) groups is 1. The van der Waals surface area contributed by atoms with Gasteiger partial charge >= 0.3 is 0 Å². The molecule has 3 rings (SSSR count). The van der Waals surface area contributed by atoms with Crippen molar-refractivity contribution in [3.8, 4) is 0 Å². The first-order valence-corrected chi connectivity index (χ1v) is 9.05. The Labute approximate surface area is 144 Å². The minimum Gasteiger partial charge on any atom is -0.465 e. The summed E-state index contributed by atoms with van der Waals surface area (Å²) in [6.07, 6.45) is 8.71. The third-order valence-corrected chi connectivity index (χ3v) is 5.27. The van der Waals surface area contributed by atoms with Crippen LogP contribution in [0.4, 0.5) is 0 Å². The van der Waals surface area contributed by atoms with Crippen molar-refractivity contribution in [2.75, 3.05) is 26.2 Å². The molecule has 1 saturated heterocycles. The second kappa shape index (κ2) is 7.53. The minimum absolute atomic E-state index is 0.0485. The Morgan fingerprint density at radius 2 is 2.29 bits per heavy atom. The summed E-state index contributed by atoms with van der Waals surface area (Å²) in [4.78, 5) is 14.7. The maximum Gasteiger partial charge on any atom is 0.240 e. The average Bonchev–Trinajstić information content (AvgIpc) is 3.28. The van der Waals surface area contributed by atoms with Crippen LogP contribution in [0.1, 0.15) is 44.8 Å². The summed E-state index contributed by atoms with van der Waals surface area (Å²) < 4.78 is 5.36. The lowest BCUT2D eigenvalue weighted by Crippen LogP contribution is -2.52. The lowest BCUT2D eigenvalue weighted by molar-refractivity contribution is -0.126. The highest BCUT2D eigenvalue weighted by molar-refractivity contribution is 5.86. The number of hydrogen-bond acceptors (Lipinski definition) is 4. The predicted molar refractivity (Wildman–Crippen MR) is 95.3 cm³/mol. The van der Waals surface area contributed by atoms with Gasteiger partial charge in [0.25, 0.3) is 0 Å². The van der Waals surface area contributed by atoms with E-state index in [0.717, 1.165) is 64.0 Å². The summed E-state index contributed by atoms with van der Waals surface area (Å²) in [5.41, 5.74) is 6.89. The highest BCUT2D eigenvalue weighted by atomic mass is 16.3. The van der Waals surface area contributed by atoms with E-state index in [1.165, 1.54) is 5.57 Å². The van der Waals surface area contributed by atoms with Crippen LogP contribution in [0.15, 0.2) is 28.4 Å². The van der Waals surface area contributed by atoms with E-state index < -0.39 is 5.54 Å². The fourth-order valence-electron chi connectivity index (χ4n) is 3.88. The first kappa shape index (κ1) is 17.2. The second-order valence-electron chi connectivity index (χ2n) is 7.47. The van der Waals surface area contributed by atoms with Crippen molar-refractivity contribution in [3.63, 3.8) is 0 Å². The van der Waals surface area contributed by atoms with Crippen LogP contribution in [-0.4, -0.2) is 42.5 Å². The third-order valence-electron chi connectivity index (χ3n) is 5.27. The van der Waals surface area contributed by atoms with Crippen molar-refractivity contribution >= 4 is 12.0 Å². The van der Waals surface area contributed by atoms with Gasteiger partial charge in [0.05, 0.1) is 11.8 Å². The molecule has 5 heteroatoms. The van der Waals surface area contributed by atoms with Crippen LogP contribution >= 0.6 is 0 Å². The molecule has 1 aliphatic heterocycles. The van der Waals surface area contributed by atoms with E-state index >= 15 is 0 Å². The van der Waals surface area contributed by atoms with Crippen LogP contribution < -0.4 is 11.1 Å². The molecule has 24 heavy (non-hydrogen) atoms. The van der Waals surface area contributed by atoms with E-state index in [1.807, 2.05) is 12.1 Å². The molecule has 1 aromatic heterocycles. The van der Waals surface area contributed by atoms with Crippen LogP contribution in [0.3, 0.4) is 0 Å². The SMILES string of the molecule is C/C(=C\c1ccco1)CN1CC[C@H](CNC(=O)C2(N)CCCC2)C1. The summed E-state index contributed by atoms with van der Waals surface area (Å²) in [7, 11) is 0. The molecular weight excluding hydrogens is 302 g/mol. The van der Waals surface area contributed by atoms with Crippen molar-refractivity contribution in [2.45, 2.75) is 44.6 Å². The molecule has 2 fully saturated rings. The number of amides is 1. The monoisotopic (exact) mass is 331 g/mol. The predicted octanol–water partition coefficient (Wildman–Crippen LogP) is 2.39. The first-order chi connectivity index (χ1) is 11.5. The van der Waals surface area contributed by atoms with E-state index in [-0.39, 0.29) is 5.91 Å². The van der Waals surface area contributed by atoms with Gasteiger partial charge in [-0.15, -0.1) is 0 Å². The van der Waals surface area contributed by atoms with Gasteiger partial charge in [-0.2, -0.15) is 0 Å². The Hall–Kier alpha value is -1.59. The number of hydrogen-bond donors (Lipinski definition) is 2. The molecular formula is C19H29N3O2. The van der Waals surface area contributed by atoms with Crippen LogP contribution in [-0.2, 0) is 4.79 Å². The summed E-state index contributed by atoms with van der Waals surface area (Å²) >= 11 is 0. The molecule has 2 aliphatic rings. The van der Waals surface area contributed by atoms with Gasteiger partial charge in [0.15, 0.2) is 0 Å². The molecule has 1 saturated carbocycles. The molecule has 0 unspecified atom stereocenters. The molecule has 132 valence electrons. The molecule has 3 N–H and O–H groups in total. The number of furan rings is 1. The Bertz CT molecular complexity index is 573. The molecule has 1 atom stereocenters. The molecule has 0 radical (unpaired) electrons. The lowest BCUT2D eigenvalue weighted by atomic mass is 9.97. The number of nitrogens with zero attached hydrogens (tertiary/aromatic N) is 1. The van der Waals surface area contributed by atoms with Crippen LogP contribution in [0, 0.1) is 5.92 Å². The maximum absolute atomic E-state index is 12.3. The zero-order valence-electron chi connectivity index (χ0n) is 14.6. The van der Waals surface area contributed by atoms with Crippen LogP contribution in [0.5, 0.6) is 0 Å².